The van der Waals surface area contributed by atoms with Gasteiger partial charge in [-0.1, -0.05) is 0 Å². The third kappa shape index (κ3) is 3.16. The fourth-order valence-corrected chi connectivity index (χ4v) is 1.06. The van der Waals surface area contributed by atoms with Crippen LogP contribution >= 0.6 is 0 Å². The molecule has 0 unspecified atom stereocenters. The Bertz CT molecular complexity index is 320. The Kier molecular flexibility index (Phi) is 3.84. The summed E-state index contributed by atoms with van der Waals surface area (Å²) in [6.07, 6.45) is 4.53. The van der Waals surface area contributed by atoms with E-state index < -0.39 is 0 Å². The highest BCUT2D eigenvalue weighted by molar-refractivity contribution is 5.48. The van der Waals surface area contributed by atoms with Crippen LogP contribution in [0.15, 0.2) is 18.5 Å². The second-order valence-electron chi connectivity index (χ2n) is 2.79. The molecule has 0 bridgehead atoms. The topological polar surface area (TPSA) is 24.9 Å². The first-order chi connectivity index (χ1) is 6.34. The maximum Gasteiger partial charge on any atom is 0.0401 e. The fourth-order valence-electron chi connectivity index (χ4n) is 1.06. The normalized spacial score (nSPS) is 8.77. The summed E-state index contributed by atoms with van der Waals surface area (Å²) in [4.78, 5) is 4.02. The minimum absolute atomic E-state index is 0.887. The Hall–Kier alpha value is -1.49. The first-order valence-corrected chi connectivity index (χ1v) is 4.38. The van der Waals surface area contributed by atoms with Crippen molar-refractivity contribution < 1.29 is 0 Å². The Labute approximate surface area is 79.4 Å². The van der Waals surface area contributed by atoms with Crippen LogP contribution in [-0.2, 0) is 0 Å². The molecule has 0 spiro atoms. The van der Waals surface area contributed by atoms with Gasteiger partial charge in [0.1, 0.15) is 0 Å². The lowest BCUT2D eigenvalue weighted by Crippen LogP contribution is -2.01. The van der Waals surface area contributed by atoms with Gasteiger partial charge in [0, 0.05) is 31.0 Å². The molecule has 2 nitrogen and oxygen atoms in total. The lowest BCUT2D eigenvalue weighted by molar-refractivity contribution is 1.08. The van der Waals surface area contributed by atoms with Crippen molar-refractivity contribution in [3.63, 3.8) is 0 Å². The predicted molar refractivity (Wildman–Crippen MR) is 55.5 cm³/mol. The number of aromatic nitrogens is 1. The summed E-state index contributed by atoms with van der Waals surface area (Å²) in [6.45, 7) is 4.80. The Morgan fingerprint density at radius 2 is 2.38 bits per heavy atom. The molecule has 1 aromatic rings. The van der Waals surface area contributed by atoms with E-state index in [1.807, 2.05) is 26.1 Å². The molecule has 68 valence electrons. The smallest absolute Gasteiger partial charge is 0.0401 e. The average Bonchev–Trinajstić information content (AvgIpc) is 2.15. The number of rotatable bonds is 3. The highest BCUT2D eigenvalue weighted by atomic mass is 14.9. The van der Waals surface area contributed by atoms with Crippen molar-refractivity contribution in [1.29, 1.82) is 0 Å². The monoisotopic (exact) mass is 174 g/mol. The summed E-state index contributed by atoms with van der Waals surface area (Å²) in [5, 5.41) is 3.31. The van der Waals surface area contributed by atoms with Gasteiger partial charge in [-0.3, -0.25) is 4.98 Å². The third-order valence-electron chi connectivity index (χ3n) is 1.76. The van der Waals surface area contributed by atoms with E-state index in [1.54, 1.807) is 6.20 Å². The van der Waals surface area contributed by atoms with Crippen molar-refractivity contribution in [3.8, 4) is 11.8 Å². The van der Waals surface area contributed by atoms with Crippen molar-refractivity contribution in [1.82, 2.24) is 4.98 Å². The zero-order chi connectivity index (χ0) is 9.52. The molecule has 0 aromatic carbocycles. The molecule has 0 amide bonds. The van der Waals surface area contributed by atoms with E-state index in [1.165, 1.54) is 5.56 Å². The molecule has 0 saturated carbocycles. The number of aryl methyl sites for hydroxylation is 1. The van der Waals surface area contributed by atoms with Crippen LogP contribution in [0.5, 0.6) is 0 Å². The second-order valence-corrected chi connectivity index (χ2v) is 2.79. The Morgan fingerprint density at radius 3 is 3.08 bits per heavy atom. The van der Waals surface area contributed by atoms with Gasteiger partial charge in [-0.05, 0) is 25.5 Å². The maximum absolute atomic E-state index is 4.02. The third-order valence-corrected chi connectivity index (χ3v) is 1.76. The molecule has 0 saturated heterocycles. The van der Waals surface area contributed by atoms with E-state index in [2.05, 4.69) is 22.1 Å². The predicted octanol–water partition coefficient (Wildman–Crippen LogP) is 2.22. The second kappa shape index (κ2) is 5.21. The molecule has 0 aliphatic heterocycles. The minimum Gasteiger partial charge on any atom is -0.384 e. The molecule has 2 heteroatoms. The van der Waals surface area contributed by atoms with Gasteiger partial charge in [0.15, 0.2) is 0 Å². The molecule has 1 rings (SSSR count). The van der Waals surface area contributed by atoms with Crippen LogP contribution < -0.4 is 5.32 Å². The summed E-state index contributed by atoms with van der Waals surface area (Å²) in [5.41, 5.74) is 2.32. The van der Waals surface area contributed by atoms with E-state index >= 15 is 0 Å². The molecular formula is C11H14N2. The number of anilines is 1. The van der Waals surface area contributed by atoms with E-state index in [0.29, 0.717) is 0 Å². The van der Waals surface area contributed by atoms with Crippen LogP contribution in [0.3, 0.4) is 0 Å². The molecule has 0 aliphatic carbocycles. The van der Waals surface area contributed by atoms with Crippen LogP contribution in [0, 0.1) is 18.8 Å². The van der Waals surface area contributed by atoms with Gasteiger partial charge >= 0.3 is 0 Å². The lowest BCUT2D eigenvalue weighted by atomic mass is 10.2. The van der Waals surface area contributed by atoms with Crippen LogP contribution in [0.1, 0.15) is 18.9 Å². The van der Waals surface area contributed by atoms with Crippen molar-refractivity contribution in [2.24, 2.45) is 0 Å². The molecule has 0 radical (unpaired) electrons. The largest absolute Gasteiger partial charge is 0.384 e. The van der Waals surface area contributed by atoms with Gasteiger partial charge in [-0.2, -0.15) is 0 Å². The van der Waals surface area contributed by atoms with Gasteiger partial charge in [-0.25, -0.2) is 0 Å². The zero-order valence-electron chi connectivity index (χ0n) is 8.09. The first-order valence-electron chi connectivity index (χ1n) is 4.38. The van der Waals surface area contributed by atoms with E-state index in [0.717, 1.165) is 18.7 Å². The van der Waals surface area contributed by atoms with Crippen LogP contribution in [-0.4, -0.2) is 11.5 Å². The first kappa shape index (κ1) is 9.60. The number of nitrogens with zero attached hydrogens (tertiary/aromatic N) is 1. The van der Waals surface area contributed by atoms with Gasteiger partial charge < -0.3 is 5.32 Å². The summed E-state index contributed by atoms with van der Waals surface area (Å²) >= 11 is 0. The molecule has 1 heterocycles. The average molecular weight is 174 g/mol. The molecule has 0 fully saturated rings. The highest BCUT2D eigenvalue weighted by Crippen LogP contribution is 2.10. The van der Waals surface area contributed by atoms with Crippen molar-refractivity contribution in [2.45, 2.75) is 20.3 Å². The summed E-state index contributed by atoms with van der Waals surface area (Å²) in [5.74, 6) is 5.88. The van der Waals surface area contributed by atoms with E-state index in [4.69, 9.17) is 0 Å². The summed E-state index contributed by atoms with van der Waals surface area (Å²) < 4.78 is 0. The summed E-state index contributed by atoms with van der Waals surface area (Å²) in [6, 6.07) is 1.98. The lowest BCUT2D eigenvalue weighted by Gasteiger charge is -2.05. The SMILES string of the molecule is CC#CCCNc1ccncc1C. The van der Waals surface area contributed by atoms with Crippen LogP contribution in [0.2, 0.25) is 0 Å². The van der Waals surface area contributed by atoms with Crippen molar-refractivity contribution >= 4 is 5.69 Å². The number of pyridine rings is 1. The Balaban J connectivity index is 2.44. The highest BCUT2D eigenvalue weighted by Gasteiger charge is 1.93. The Morgan fingerprint density at radius 1 is 1.54 bits per heavy atom. The minimum atomic E-state index is 0.887. The van der Waals surface area contributed by atoms with Crippen LogP contribution in [0.4, 0.5) is 5.69 Å². The summed E-state index contributed by atoms with van der Waals surface area (Å²) in [7, 11) is 0. The number of nitrogens with one attached hydrogen (secondary N) is 1. The molecular weight excluding hydrogens is 160 g/mol. The molecule has 1 N–H and O–H groups in total. The van der Waals surface area contributed by atoms with Gasteiger partial charge in [-0.15, -0.1) is 11.8 Å². The quantitative estimate of drug-likeness (QED) is 0.561. The van der Waals surface area contributed by atoms with Crippen LogP contribution in [0.25, 0.3) is 0 Å². The van der Waals surface area contributed by atoms with Gasteiger partial charge in [0.05, 0.1) is 0 Å². The van der Waals surface area contributed by atoms with Gasteiger partial charge in [0.25, 0.3) is 0 Å². The van der Waals surface area contributed by atoms with Gasteiger partial charge in [0.2, 0.25) is 0 Å². The number of hydrogen-bond acceptors (Lipinski definition) is 2. The molecule has 13 heavy (non-hydrogen) atoms. The standard InChI is InChI=1S/C11H14N2/c1-3-4-5-7-13-11-6-8-12-9-10(11)2/h6,8-9H,5,7H2,1-2H3,(H,12,13). The van der Waals surface area contributed by atoms with E-state index in [-0.39, 0.29) is 0 Å². The molecule has 1 aromatic heterocycles. The zero-order valence-corrected chi connectivity index (χ0v) is 8.09. The number of hydrogen-bond donors (Lipinski definition) is 1. The van der Waals surface area contributed by atoms with Crippen molar-refractivity contribution in [2.75, 3.05) is 11.9 Å². The molecule has 0 aliphatic rings. The van der Waals surface area contributed by atoms with Crippen molar-refractivity contribution in [3.05, 3.63) is 24.0 Å². The fraction of sp³-hybridized carbons (Fsp3) is 0.364. The molecule has 0 atom stereocenters. The van der Waals surface area contributed by atoms with E-state index in [9.17, 15) is 0 Å². The maximum atomic E-state index is 4.02.